The van der Waals surface area contributed by atoms with Crippen molar-refractivity contribution in [2.45, 2.75) is 46.0 Å². The van der Waals surface area contributed by atoms with E-state index in [0.717, 1.165) is 18.8 Å². The van der Waals surface area contributed by atoms with Crippen LogP contribution in [0.3, 0.4) is 0 Å². The van der Waals surface area contributed by atoms with Gasteiger partial charge in [-0.25, -0.2) is 0 Å². The molecule has 1 aromatic rings. The van der Waals surface area contributed by atoms with Crippen LogP contribution in [-0.2, 0) is 9.09 Å². The lowest BCUT2D eigenvalue weighted by atomic mass is 10.0. The first-order chi connectivity index (χ1) is 9.02. The minimum Gasteiger partial charge on any atom is -0.321 e. The van der Waals surface area contributed by atoms with E-state index in [-0.39, 0.29) is 0 Å². The number of hydrogen-bond donors (Lipinski definition) is 1. The van der Waals surface area contributed by atoms with Gasteiger partial charge in [-0.3, -0.25) is 4.57 Å². The first kappa shape index (κ1) is 16.4. The van der Waals surface area contributed by atoms with E-state index in [1.807, 2.05) is 6.07 Å². The third-order valence-electron chi connectivity index (χ3n) is 3.02. The molecule has 0 aromatic heterocycles. The maximum atomic E-state index is 11.9. The molecule has 108 valence electrons. The Morgan fingerprint density at radius 2 is 1.74 bits per heavy atom. The van der Waals surface area contributed by atoms with E-state index in [9.17, 15) is 9.46 Å². The van der Waals surface area contributed by atoms with Crippen molar-refractivity contribution < 1.29 is 14.0 Å². The molecule has 0 aliphatic heterocycles. The van der Waals surface area contributed by atoms with Gasteiger partial charge in [0.05, 0.1) is 11.9 Å². The molecular formula is C15H25O3P. The summed E-state index contributed by atoms with van der Waals surface area (Å²) in [7, 11) is -3.62. The second kappa shape index (κ2) is 8.52. The number of unbranched alkanes of at least 4 members (excludes halogenated alkanes) is 3. The summed E-state index contributed by atoms with van der Waals surface area (Å²) in [6, 6.07) is 8.56. The second-order valence-electron chi connectivity index (χ2n) is 5.29. The molecule has 3 nitrogen and oxygen atoms in total. The molecular weight excluding hydrogens is 259 g/mol. The Bertz CT molecular complexity index is 390. The molecule has 1 N–H and O–H groups in total. The molecule has 4 heteroatoms. The van der Waals surface area contributed by atoms with E-state index in [1.54, 1.807) is 24.3 Å². The van der Waals surface area contributed by atoms with Crippen LogP contribution >= 0.6 is 7.60 Å². The largest absolute Gasteiger partial charge is 0.358 e. The third-order valence-corrected chi connectivity index (χ3v) is 4.51. The van der Waals surface area contributed by atoms with Gasteiger partial charge in [-0.15, -0.1) is 0 Å². The Balaban J connectivity index is 2.17. The maximum absolute atomic E-state index is 11.9. The molecule has 1 atom stereocenters. The summed E-state index contributed by atoms with van der Waals surface area (Å²) in [5, 5.41) is 0.370. The summed E-state index contributed by atoms with van der Waals surface area (Å²) >= 11 is 0. The van der Waals surface area contributed by atoms with Gasteiger partial charge < -0.3 is 9.42 Å². The molecule has 0 spiro atoms. The van der Waals surface area contributed by atoms with Gasteiger partial charge in [-0.05, 0) is 24.5 Å². The van der Waals surface area contributed by atoms with Crippen LogP contribution in [0.15, 0.2) is 30.3 Å². The first-order valence-electron chi connectivity index (χ1n) is 7.05. The van der Waals surface area contributed by atoms with Crippen molar-refractivity contribution in [2.24, 2.45) is 5.92 Å². The summed E-state index contributed by atoms with van der Waals surface area (Å²) in [6.45, 7) is 4.81. The van der Waals surface area contributed by atoms with Gasteiger partial charge in [0, 0.05) is 0 Å². The zero-order valence-corrected chi connectivity index (χ0v) is 12.8. The van der Waals surface area contributed by atoms with Gasteiger partial charge in [0.1, 0.15) is 0 Å². The quantitative estimate of drug-likeness (QED) is 0.548. The van der Waals surface area contributed by atoms with Crippen molar-refractivity contribution in [3.63, 3.8) is 0 Å². The zero-order valence-electron chi connectivity index (χ0n) is 11.9. The highest BCUT2D eigenvalue weighted by molar-refractivity contribution is 7.61. The van der Waals surface area contributed by atoms with E-state index in [2.05, 4.69) is 13.8 Å². The molecule has 19 heavy (non-hydrogen) atoms. The summed E-state index contributed by atoms with van der Waals surface area (Å²) < 4.78 is 17.1. The average molecular weight is 284 g/mol. The van der Waals surface area contributed by atoms with Crippen LogP contribution in [0.2, 0.25) is 0 Å². The van der Waals surface area contributed by atoms with Crippen LogP contribution in [0.1, 0.15) is 46.0 Å². The molecule has 0 saturated heterocycles. The van der Waals surface area contributed by atoms with Crippen LogP contribution in [0.5, 0.6) is 0 Å². The minimum atomic E-state index is -3.62. The summed E-state index contributed by atoms with van der Waals surface area (Å²) in [5.41, 5.74) is 0. The van der Waals surface area contributed by atoms with Crippen molar-refractivity contribution in [2.75, 3.05) is 6.61 Å². The lowest BCUT2D eigenvalue weighted by Gasteiger charge is -2.12. The van der Waals surface area contributed by atoms with E-state index in [1.165, 1.54) is 19.3 Å². The molecule has 0 bridgehead atoms. The van der Waals surface area contributed by atoms with Crippen LogP contribution in [-0.4, -0.2) is 11.5 Å². The normalized spacial score (nSPS) is 14.5. The van der Waals surface area contributed by atoms with Crippen LogP contribution in [0.4, 0.5) is 0 Å². The number of benzene rings is 1. The molecule has 0 heterocycles. The number of rotatable bonds is 9. The lowest BCUT2D eigenvalue weighted by molar-refractivity contribution is 0.261. The van der Waals surface area contributed by atoms with Gasteiger partial charge in [0.15, 0.2) is 0 Å². The van der Waals surface area contributed by atoms with E-state index < -0.39 is 7.60 Å². The Morgan fingerprint density at radius 1 is 1.11 bits per heavy atom. The highest BCUT2D eigenvalue weighted by Gasteiger charge is 2.21. The highest BCUT2D eigenvalue weighted by Crippen LogP contribution is 2.40. The SMILES string of the molecule is CC(C)CCCCCCOP(=O)(O)c1ccccc1. The van der Waals surface area contributed by atoms with E-state index >= 15 is 0 Å². The van der Waals surface area contributed by atoms with E-state index in [4.69, 9.17) is 4.52 Å². The smallest absolute Gasteiger partial charge is 0.321 e. The van der Waals surface area contributed by atoms with Crippen molar-refractivity contribution >= 4 is 12.9 Å². The third kappa shape index (κ3) is 6.91. The molecule has 0 amide bonds. The molecule has 0 aliphatic rings. The second-order valence-corrected chi connectivity index (χ2v) is 7.10. The molecule has 0 aliphatic carbocycles. The Morgan fingerprint density at radius 3 is 2.37 bits per heavy atom. The zero-order chi connectivity index (χ0) is 14.1. The fourth-order valence-electron chi connectivity index (χ4n) is 1.89. The monoisotopic (exact) mass is 284 g/mol. The van der Waals surface area contributed by atoms with Gasteiger partial charge in [-0.2, -0.15) is 0 Å². The number of hydrogen-bond acceptors (Lipinski definition) is 2. The van der Waals surface area contributed by atoms with Crippen molar-refractivity contribution in [1.29, 1.82) is 0 Å². The van der Waals surface area contributed by atoms with Crippen LogP contribution < -0.4 is 5.30 Å². The molecule has 1 rings (SSSR count). The average Bonchev–Trinajstić information content (AvgIpc) is 2.38. The van der Waals surface area contributed by atoms with Gasteiger partial charge in [-0.1, -0.05) is 57.7 Å². The summed E-state index contributed by atoms with van der Waals surface area (Å²) in [4.78, 5) is 9.79. The van der Waals surface area contributed by atoms with Gasteiger partial charge in [0.25, 0.3) is 0 Å². The predicted octanol–water partition coefficient (Wildman–Crippen LogP) is 4.12. The van der Waals surface area contributed by atoms with Gasteiger partial charge >= 0.3 is 7.60 Å². The summed E-state index contributed by atoms with van der Waals surface area (Å²) in [5.74, 6) is 0.756. The Hall–Kier alpha value is -0.630. The molecule has 0 fully saturated rings. The molecule has 0 saturated carbocycles. The minimum absolute atomic E-state index is 0.352. The van der Waals surface area contributed by atoms with Gasteiger partial charge in [0.2, 0.25) is 0 Å². The first-order valence-corrected chi connectivity index (χ1v) is 8.63. The van der Waals surface area contributed by atoms with Crippen LogP contribution in [0.25, 0.3) is 0 Å². The van der Waals surface area contributed by atoms with Crippen molar-refractivity contribution in [1.82, 2.24) is 0 Å². The maximum Gasteiger partial charge on any atom is 0.358 e. The fraction of sp³-hybridized carbons (Fsp3) is 0.600. The Labute approximate surface area is 116 Å². The summed E-state index contributed by atoms with van der Waals surface area (Å²) in [6.07, 6.45) is 5.55. The van der Waals surface area contributed by atoms with Crippen LogP contribution in [0, 0.1) is 5.92 Å². The fourth-order valence-corrected chi connectivity index (χ4v) is 2.96. The van der Waals surface area contributed by atoms with E-state index in [0.29, 0.717) is 11.9 Å². The molecule has 1 aromatic carbocycles. The van der Waals surface area contributed by atoms with Crippen molar-refractivity contribution in [3.05, 3.63) is 30.3 Å². The topological polar surface area (TPSA) is 46.5 Å². The Kier molecular flexibility index (Phi) is 7.37. The predicted molar refractivity (Wildman–Crippen MR) is 79.8 cm³/mol. The van der Waals surface area contributed by atoms with Crippen molar-refractivity contribution in [3.8, 4) is 0 Å². The highest BCUT2D eigenvalue weighted by atomic mass is 31.2. The standard InChI is InChI=1S/C15H25O3P/c1-14(2)10-6-3-4-9-13-18-19(16,17)15-11-7-5-8-12-15/h5,7-8,11-12,14H,3-4,6,9-10,13H2,1-2H3,(H,16,17). The molecule has 1 unspecified atom stereocenters. The molecule has 0 radical (unpaired) electrons. The lowest BCUT2D eigenvalue weighted by Crippen LogP contribution is -2.07.